The monoisotopic (exact) mass is 278 g/mol. The quantitative estimate of drug-likeness (QED) is 0.913. The second-order valence-electron chi connectivity index (χ2n) is 4.35. The molecule has 1 aromatic carbocycles. The fourth-order valence-electron chi connectivity index (χ4n) is 2.03. The van der Waals surface area contributed by atoms with Gasteiger partial charge >= 0.3 is 5.97 Å². The largest absolute Gasteiger partial charge is 0.478 e. The van der Waals surface area contributed by atoms with Crippen LogP contribution in [0.15, 0.2) is 30.5 Å². The summed E-state index contributed by atoms with van der Waals surface area (Å²) in [4.78, 5) is 11.1. The van der Waals surface area contributed by atoms with E-state index in [1.807, 2.05) is 31.2 Å². The highest BCUT2D eigenvalue weighted by atomic mass is 35.5. The summed E-state index contributed by atoms with van der Waals surface area (Å²) >= 11 is 5.94. The summed E-state index contributed by atoms with van der Waals surface area (Å²) < 4.78 is 1.73. The maximum Gasteiger partial charge on any atom is 0.339 e. The van der Waals surface area contributed by atoms with Crippen LogP contribution in [0.2, 0.25) is 5.02 Å². The molecule has 1 N–H and O–H groups in total. The number of hydrogen-bond acceptors (Lipinski definition) is 2. The Kier molecular flexibility index (Phi) is 4.22. The number of hydrogen-bond donors (Lipinski definition) is 1. The zero-order chi connectivity index (χ0) is 13.8. The summed E-state index contributed by atoms with van der Waals surface area (Å²) in [5.74, 6) is -0.930. The molecular formula is C14H15ClN2O2. The number of carboxylic acids is 1. The highest BCUT2D eigenvalue weighted by Crippen LogP contribution is 2.16. The number of carboxylic acid groups (broad SMARTS) is 1. The molecule has 1 heterocycles. The number of carbonyl (C=O) groups is 1. The van der Waals surface area contributed by atoms with Crippen molar-refractivity contribution in [3.05, 3.63) is 52.3 Å². The van der Waals surface area contributed by atoms with Gasteiger partial charge in [0.15, 0.2) is 0 Å². The normalized spacial score (nSPS) is 10.6. The van der Waals surface area contributed by atoms with Gasteiger partial charge in [0.05, 0.1) is 18.4 Å². The van der Waals surface area contributed by atoms with Gasteiger partial charge in [0, 0.05) is 5.02 Å². The van der Waals surface area contributed by atoms with E-state index in [0.29, 0.717) is 18.0 Å². The predicted octanol–water partition coefficient (Wildman–Crippen LogP) is 3.24. The van der Waals surface area contributed by atoms with Gasteiger partial charge in [-0.05, 0) is 24.1 Å². The van der Waals surface area contributed by atoms with Crippen LogP contribution in [0, 0.1) is 0 Å². The van der Waals surface area contributed by atoms with E-state index >= 15 is 0 Å². The zero-order valence-corrected chi connectivity index (χ0v) is 11.4. The van der Waals surface area contributed by atoms with Crippen molar-refractivity contribution >= 4 is 17.6 Å². The third kappa shape index (κ3) is 3.15. The first-order valence-electron chi connectivity index (χ1n) is 6.14. The van der Waals surface area contributed by atoms with Crippen molar-refractivity contribution in [3.63, 3.8) is 0 Å². The predicted molar refractivity (Wildman–Crippen MR) is 73.7 cm³/mol. The van der Waals surface area contributed by atoms with Gasteiger partial charge in [0.25, 0.3) is 0 Å². The Hall–Kier alpha value is -1.81. The fourth-order valence-corrected chi connectivity index (χ4v) is 2.25. The highest BCUT2D eigenvalue weighted by Gasteiger charge is 2.15. The van der Waals surface area contributed by atoms with E-state index in [0.717, 1.165) is 17.7 Å². The lowest BCUT2D eigenvalue weighted by Crippen LogP contribution is -2.09. The minimum Gasteiger partial charge on any atom is -0.478 e. The topological polar surface area (TPSA) is 55.1 Å². The van der Waals surface area contributed by atoms with Crippen LogP contribution in [0.1, 0.15) is 35.0 Å². The van der Waals surface area contributed by atoms with Gasteiger partial charge in [-0.15, -0.1) is 0 Å². The highest BCUT2D eigenvalue weighted by molar-refractivity contribution is 6.30. The van der Waals surface area contributed by atoms with Crippen molar-refractivity contribution in [2.75, 3.05) is 0 Å². The molecule has 0 bridgehead atoms. The maximum absolute atomic E-state index is 11.1. The molecule has 4 nitrogen and oxygen atoms in total. The number of halogens is 1. The summed E-state index contributed by atoms with van der Waals surface area (Å²) in [6, 6.07) is 7.49. The third-order valence-corrected chi connectivity index (χ3v) is 3.12. The van der Waals surface area contributed by atoms with Crippen LogP contribution in [0.5, 0.6) is 0 Å². The lowest BCUT2D eigenvalue weighted by atomic mass is 10.1. The molecule has 0 amide bonds. The molecule has 0 aliphatic carbocycles. The average molecular weight is 279 g/mol. The van der Waals surface area contributed by atoms with E-state index < -0.39 is 5.97 Å². The van der Waals surface area contributed by atoms with Crippen molar-refractivity contribution in [1.82, 2.24) is 9.78 Å². The molecule has 19 heavy (non-hydrogen) atoms. The van der Waals surface area contributed by atoms with E-state index in [1.165, 1.54) is 6.20 Å². The Morgan fingerprint density at radius 3 is 2.89 bits per heavy atom. The Morgan fingerprint density at radius 1 is 1.47 bits per heavy atom. The van der Waals surface area contributed by atoms with Crippen molar-refractivity contribution in [3.8, 4) is 0 Å². The molecule has 0 saturated heterocycles. The molecule has 2 rings (SSSR count). The van der Waals surface area contributed by atoms with Crippen molar-refractivity contribution in [1.29, 1.82) is 0 Å². The molecule has 5 heteroatoms. The van der Waals surface area contributed by atoms with Crippen LogP contribution in [0.25, 0.3) is 0 Å². The van der Waals surface area contributed by atoms with Crippen LogP contribution in [-0.4, -0.2) is 20.9 Å². The number of benzene rings is 1. The Morgan fingerprint density at radius 2 is 2.26 bits per heavy atom. The average Bonchev–Trinajstić information content (AvgIpc) is 2.73. The van der Waals surface area contributed by atoms with E-state index in [4.69, 9.17) is 16.7 Å². The summed E-state index contributed by atoms with van der Waals surface area (Å²) in [5, 5.41) is 14.0. The van der Waals surface area contributed by atoms with E-state index in [1.54, 1.807) is 4.68 Å². The SMILES string of the molecule is CCCc1c(C(=O)O)cnn1Cc1cccc(Cl)c1. The molecule has 2 aromatic rings. The molecule has 0 radical (unpaired) electrons. The first-order valence-corrected chi connectivity index (χ1v) is 6.52. The first kappa shape index (κ1) is 13.6. The van der Waals surface area contributed by atoms with Crippen molar-refractivity contribution in [2.45, 2.75) is 26.3 Å². The van der Waals surface area contributed by atoms with Gasteiger partial charge < -0.3 is 5.11 Å². The summed E-state index contributed by atoms with van der Waals surface area (Å²) in [6.07, 6.45) is 2.99. The number of nitrogens with zero attached hydrogens (tertiary/aromatic N) is 2. The summed E-state index contributed by atoms with van der Waals surface area (Å²) in [7, 11) is 0. The molecule has 1 aromatic heterocycles. The van der Waals surface area contributed by atoms with Gasteiger partial charge in [-0.25, -0.2) is 4.79 Å². The molecule has 0 atom stereocenters. The lowest BCUT2D eigenvalue weighted by molar-refractivity contribution is 0.0695. The second kappa shape index (κ2) is 5.89. The van der Waals surface area contributed by atoms with E-state index in [2.05, 4.69) is 5.10 Å². The Bertz CT molecular complexity index is 593. The minimum atomic E-state index is -0.930. The zero-order valence-electron chi connectivity index (χ0n) is 10.6. The van der Waals surface area contributed by atoms with Crippen LogP contribution in [0.3, 0.4) is 0 Å². The fraction of sp³-hybridized carbons (Fsp3) is 0.286. The molecule has 0 saturated carbocycles. The summed E-state index contributed by atoms with van der Waals surface area (Å²) in [6.45, 7) is 2.55. The Labute approximate surface area is 116 Å². The first-order chi connectivity index (χ1) is 9.11. The van der Waals surface area contributed by atoms with Crippen LogP contribution in [-0.2, 0) is 13.0 Å². The standard InChI is InChI=1S/C14H15ClN2O2/c1-2-4-13-12(14(18)19)8-16-17(13)9-10-5-3-6-11(15)7-10/h3,5-8H,2,4,9H2,1H3,(H,18,19). The molecule has 0 unspecified atom stereocenters. The molecule has 0 spiro atoms. The Balaban J connectivity index is 2.32. The molecule has 100 valence electrons. The van der Waals surface area contributed by atoms with Crippen LogP contribution >= 0.6 is 11.6 Å². The van der Waals surface area contributed by atoms with E-state index in [9.17, 15) is 4.79 Å². The van der Waals surface area contributed by atoms with E-state index in [-0.39, 0.29) is 5.56 Å². The van der Waals surface area contributed by atoms with Gasteiger partial charge in [-0.1, -0.05) is 37.1 Å². The smallest absolute Gasteiger partial charge is 0.339 e. The molecular weight excluding hydrogens is 264 g/mol. The van der Waals surface area contributed by atoms with Crippen LogP contribution < -0.4 is 0 Å². The third-order valence-electron chi connectivity index (χ3n) is 2.89. The molecule has 0 aliphatic heterocycles. The van der Waals surface area contributed by atoms with Crippen molar-refractivity contribution in [2.24, 2.45) is 0 Å². The maximum atomic E-state index is 11.1. The van der Waals surface area contributed by atoms with Gasteiger partial charge in [-0.3, -0.25) is 4.68 Å². The van der Waals surface area contributed by atoms with Gasteiger partial charge in [-0.2, -0.15) is 5.10 Å². The van der Waals surface area contributed by atoms with Gasteiger partial charge in [0.2, 0.25) is 0 Å². The molecule has 0 aliphatic rings. The van der Waals surface area contributed by atoms with Crippen LogP contribution in [0.4, 0.5) is 0 Å². The van der Waals surface area contributed by atoms with Crippen molar-refractivity contribution < 1.29 is 9.90 Å². The number of rotatable bonds is 5. The lowest BCUT2D eigenvalue weighted by Gasteiger charge is -2.08. The minimum absolute atomic E-state index is 0.281. The molecule has 0 fully saturated rings. The number of aromatic carboxylic acids is 1. The second-order valence-corrected chi connectivity index (χ2v) is 4.78. The summed E-state index contributed by atoms with van der Waals surface area (Å²) in [5.41, 5.74) is 2.05. The number of aromatic nitrogens is 2. The van der Waals surface area contributed by atoms with Gasteiger partial charge in [0.1, 0.15) is 5.56 Å².